The van der Waals surface area contributed by atoms with Gasteiger partial charge in [0.25, 0.3) is 0 Å². The second-order valence-electron chi connectivity index (χ2n) is 4.50. The molecule has 92 valence electrons. The zero-order chi connectivity index (χ0) is 12.1. The van der Waals surface area contributed by atoms with Crippen LogP contribution in [-0.2, 0) is 6.42 Å². The van der Waals surface area contributed by atoms with Gasteiger partial charge in [0.05, 0.1) is 6.54 Å². The van der Waals surface area contributed by atoms with Crippen molar-refractivity contribution in [1.29, 1.82) is 0 Å². The van der Waals surface area contributed by atoms with Crippen LogP contribution in [0, 0.1) is 0 Å². The van der Waals surface area contributed by atoms with E-state index in [9.17, 15) is 4.79 Å². The van der Waals surface area contributed by atoms with E-state index in [1.165, 1.54) is 11.3 Å². The molecule has 1 aliphatic rings. The first kappa shape index (κ1) is 12.1. The number of rotatable bonds is 5. The van der Waals surface area contributed by atoms with E-state index < -0.39 is 0 Å². The summed E-state index contributed by atoms with van der Waals surface area (Å²) in [6.45, 7) is 4.48. The molecule has 3 heteroatoms. The zero-order valence-corrected chi connectivity index (χ0v) is 10.4. The minimum Gasteiger partial charge on any atom is -0.385 e. The first-order valence-electron chi connectivity index (χ1n) is 6.42. The molecule has 1 aromatic carbocycles. The van der Waals surface area contributed by atoms with E-state index in [4.69, 9.17) is 0 Å². The third-order valence-corrected chi connectivity index (χ3v) is 3.08. The SMILES string of the molecule is CCCNCC(=O)c1ccc2c(c1)CCCN2. The topological polar surface area (TPSA) is 41.1 Å². The fourth-order valence-electron chi connectivity index (χ4n) is 2.13. The number of carbonyl (C=O) groups excluding carboxylic acids is 1. The summed E-state index contributed by atoms with van der Waals surface area (Å²) in [4.78, 5) is 11.9. The molecular formula is C14H20N2O. The molecule has 17 heavy (non-hydrogen) atoms. The molecule has 3 nitrogen and oxygen atoms in total. The molecule has 1 aromatic rings. The Morgan fingerprint density at radius 3 is 3.18 bits per heavy atom. The molecule has 0 spiro atoms. The number of ketones is 1. The number of nitrogens with one attached hydrogen (secondary N) is 2. The normalized spacial score (nSPS) is 13.9. The fourth-order valence-corrected chi connectivity index (χ4v) is 2.13. The fraction of sp³-hybridized carbons (Fsp3) is 0.500. The number of anilines is 1. The first-order valence-corrected chi connectivity index (χ1v) is 6.42. The molecule has 0 radical (unpaired) electrons. The van der Waals surface area contributed by atoms with Crippen LogP contribution in [0.2, 0.25) is 0 Å². The van der Waals surface area contributed by atoms with Crippen molar-refractivity contribution >= 4 is 11.5 Å². The zero-order valence-electron chi connectivity index (χ0n) is 10.4. The first-order chi connectivity index (χ1) is 8.31. The smallest absolute Gasteiger partial charge is 0.176 e. The standard InChI is InChI=1S/C14H20N2O/c1-2-7-15-10-14(17)12-5-6-13-11(9-12)4-3-8-16-13/h5-6,9,15-16H,2-4,7-8,10H2,1H3. The minimum absolute atomic E-state index is 0.187. The monoisotopic (exact) mass is 232 g/mol. The average Bonchev–Trinajstić information content (AvgIpc) is 2.38. The average molecular weight is 232 g/mol. The second-order valence-corrected chi connectivity index (χ2v) is 4.50. The van der Waals surface area contributed by atoms with Crippen LogP contribution < -0.4 is 10.6 Å². The lowest BCUT2D eigenvalue weighted by molar-refractivity contribution is 0.0991. The molecule has 0 aliphatic carbocycles. The largest absolute Gasteiger partial charge is 0.385 e. The van der Waals surface area contributed by atoms with Crippen molar-refractivity contribution in [2.75, 3.05) is 25.0 Å². The van der Waals surface area contributed by atoms with Crippen molar-refractivity contribution in [3.63, 3.8) is 0 Å². The van der Waals surface area contributed by atoms with Crippen LogP contribution in [0.15, 0.2) is 18.2 Å². The summed E-state index contributed by atoms with van der Waals surface area (Å²) in [5.74, 6) is 0.187. The Bertz CT molecular complexity index is 401. The van der Waals surface area contributed by atoms with Gasteiger partial charge in [-0.1, -0.05) is 6.92 Å². The Kier molecular flexibility index (Phi) is 4.15. The van der Waals surface area contributed by atoms with Crippen molar-refractivity contribution in [2.24, 2.45) is 0 Å². The molecule has 0 aromatic heterocycles. The predicted octanol–water partition coefficient (Wildman–Crippen LogP) is 2.23. The van der Waals surface area contributed by atoms with Crippen LogP contribution in [0.4, 0.5) is 5.69 Å². The number of Topliss-reactive ketones (excluding diaryl/α,β-unsaturated/α-hetero) is 1. The second kappa shape index (κ2) is 5.82. The van der Waals surface area contributed by atoms with Crippen molar-refractivity contribution in [3.8, 4) is 0 Å². The molecule has 2 N–H and O–H groups in total. The Morgan fingerprint density at radius 1 is 1.47 bits per heavy atom. The van der Waals surface area contributed by atoms with E-state index >= 15 is 0 Å². The van der Waals surface area contributed by atoms with Gasteiger partial charge in [-0.05, 0) is 49.6 Å². The summed E-state index contributed by atoms with van der Waals surface area (Å²) in [6.07, 6.45) is 3.28. The highest BCUT2D eigenvalue weighted by molar-refractivity contribution is 5.98. The van der Waals surface area contributed by atoms with Gasteiger partial charge < -0.3 is 10.6 Å². The number of hydrogen-bond donors (Lipinski definition) is 2. The summed E-state index contributed by atoms with van der Waals surface area (Å²) >= 11 is 0. The number of hydrogen-bond acceptors (Lipinski definition) is 3. The Labute approximate surface area is 103 Å². The lowest BCUT2D eigenvalue weighted by atomic mass is 9.99. The summed E-state index contributed by atoms with van der Waals surface area (Å²) in [7, 11) is 0. The molecule has 0 saturated carbocycles. The molecule has 1 aliphatic heterocycles. The van der Waals surface area contributed by atoms with E-state index in [1.54, 1.807) is 0 Å². The van der Waals surface area contributed by atoms with Crippen molar-refractivity contribution in [3.05, 3.63) is 29.3 Å². The van der Waals surface area contributed by atoms with Crippen LogP contribution >= 0.6 is 0 Å². The molecule has 0 unspecified atom stereocenters. The van der Waals surface area contributed by atoms with Crippen LogP contribution in [0.3, 0.4) is 0 Å². The molecule has 0 bridgehead atoms. The Morgan fingerprint density at radius 2 is 2.35 bits per heavy atom. The Hall–Kier alpha value is -1.35. The van der Waals surface area contributed by atoms with Gasteiger partial charge in [0.1, 0.15) is 0 Å². The number of benzene rings is 1. The van der Waals surface area contributed by atoms with Gasteiger partial charge in [-0.15, -0.1) is 0 Å². The van der Waals surface area contributed by atoms with Gasteiger partial charge >= 0.3 is 0 Å². The molecule has 0 amide bonds. The number of carbonyl (C=O) groups is 1. The van der Waals surface area contributed by atoms with Crippen LogP contribution in [-0.4, -0.2) is 25.4 Å². The van der Waals surface area contributed by atoms with Gasteiger partial charge in [0.2, 0.25) is 0 Å². The van der Waals surface area contributed by atoms with E-state index in [0.717, 1.165) is 37.9 Å². The molecular weight excluding hydrogens is 212 g/mol. The minimum atomic E-state index is 0.187. The lowest BCUT2D eigenvalue weighted by Gasteiger charge is -2.18. The van der Waals surface area contributed by atoms with Crippen molar-refractivity contribution < 1.29 is 4.79 Å². The lowest BCUT2D eigenvalue weighted by Crippen LogP contribution is -2.24. The summed E-state index contributed by atoms with van der Waals surface area (Å²) in [5, 5.41) is 6.50. The summed E-state index contributed by atoms with van der Waals surface area (Å²) in [6, 6.07) is 5.99. The van der Waals surface area contributed by atoms with E-state index in [-0.39, 0.29) is 5.78 Å². The quantitative estimate of drug-likeness (QED) is 0.604. The maximum Gasteiger partial charge on any atom is 0.176 e. The van der Waals surface area contributed by atoms with Crippen LogP contribution in [0.1, 0.15) is 35.7 Å². The van der Waals surface area contributed by atoms with Crippen LogP contribution in [0.25, 0.3) is 0 Å². The van der Waals surface area contributed by atoms with E-state index in [1.807, 2.05) is 18.2 Å². The van der Waals surface area contributed by atoms with Gasteiger partial charge in [-0.2, -0.15) is 0 Å². The van der Waals surface area contributed by atoms with Crippen LogP contribution in [0.5, 0.6) is 0 Å². The highest BCUT2D eigenvalue weighted by Crippen LogP contribution is 2.22. The molecule has 0 fully saturated rings. The van der Waals surface area contributed by atoms with Gasteiger partial charge in [0, 0.05) is 17.8 Å². The molecule has 0 saturated heterocycles. The van der Waals surface area contributed by atoms with Crippen molar-refractivity contribution in [2.45, 2.75) is 26.2 Å². The van der Waals surface area contributed by atoms with Gasteiger partial charge in [-0.3, -0.25) is 4.79 Å². The molecule has 1 heterocycles. The van der Waals surface area contributed by atoms with E-state index in [2.05, 4.69) is 17.6 Å². The maximum absolute atomic E-state index is 11.9. The number of fused-ring (bicyclic) bond motifs is 1. The number of aryl methyl sites for hydroxylation is 1. The van der Waals surface area contributed by atoms with Crippen molar-refractivity contribution in [1.82, 2.24) is 5.32 Å². The third-order valence-electron chi connectivity index (χ3n) is 3.08. The van der Waals surface area contributed by atoms with Gasteiger partial charge in [0.15, 0.2) is 5.78 Å². The van der Waals surface area contributed by atoms with E-state index in [0.29, 0.717) is 6.54 Å². The predicted molar refractivity (Wildman–Crippen MR) is 70.7 cm³/mol. The highest BCUT2D eigenvalue weighted by Gasteiger charge is 2.11. The maximum atomic E-state index is 11.9. The highest BCUT2D eigenvalue weighted by atomic mass is 16.1. The molecule has 0 atom stereocenters. The Balaban J connectivity index is 2.03. The summed E-state index contributed by atoms with van der Waals surface area (Å²) < 4.78 is 0. The molecule has 2 rings (SSSR count). The summed E-state index contributed by atoms with van der Waals surface area (Å²) in [5.41, 5.74) is 3.29. The third kappa shape index (κ3) is 3.07. The van der Waals surface area contributed by atoms with Gasteiger partial charge in [-0.25, -0.2) is 0 Å².